The molecule has 1 aliphatic carbocycles. The van der Waals surface area contributed by atoms with E-state index in [1.54, 1.807) is 0 Å². The van der Waals surface area contributed by atoms with Gasteiger partial charge in [-0.15, -0.1) is 0 Å². The van der Waals surface area contributed by atoms with Gasteiger partial charge in [0.05, 0.1) is 0 Å². The lowest BCUT2D eigenvalue weighted by atomic mass is 10.00. The third-order valence-corrected chi connectivity index (χ3v) is 3.04. The second-order valence-corrected chi connectivity index (χ2v) is 4.17. The first kappa shape index (κ1) is 11.0. The van der Waals surface area contributed by atoms with Crippen molar-refractivity contribution in [3.05, 3.63) is 0 Å². The quantitative estimate of drug-likeness (QED) is 0.689. The minimum Gasteiger partial charge on any atom is -0.326 e. The van der Waals surface area contributed by atoms with Crippen molar-refractivity contribution in [2.45, 2.75) is 64.0 Å². The van der Waals surface area contributed by atoms with Crippen molar-refractivity contribution in [1.29, 1.82) is 0 Å². The molecule has 2 unspecified atom stereocenters. The molecule has 0 aromatic carbocycles. The molecule has 0 aliphatic heterocycles. The molecule has 0 heterocycles. The smallest absolute Gasteiger partial charge is 0.0218 e. The maximum absolute atomic E-state index is 6.14. The second-order valence-electron chi connectivity index (χ2n) is 4.17. The normalized spacial score (nSPS) is 31.8. The first-order chi connectivity index (χ1) is 6.34. The Morgan fingerprint density at radius 2 is 1.69 bits per heavy atom. The van der Waals surface area contributed by atoms with Crippen LogP contribution in [0.2, 0.25) is 0 Å². The molecule has 2 heteroatoms. The molecule has 0 amide bonds. The third kappa shape index (κ3) is 4.10. The highest BCUT2D eigenvalue weighted by atomic mass is 14.9. The van der Waals surface area contributed by atoms with Crippen molar-refractivity contribution < 1.29 is 0 Å². The first-order valence-electron chi connectivity index (χ1n) is 5.83. The van der Waals surface area contributed by atoms with Gasteiger partial charge in [-0.1, -0.05) is 39.0 Å². The highest BCUT2D eigenvalue weighted by Gasteiger charge is 2.16. The fourth-order valence-corrected chi connectivity index (χ4v) is 2.21. The van der Waals surface area contributed by atoms with Crippen LogP contribution in [0, 0.1) is 0 Å². The van der Waals surface area contributed by atoms with Crippen LogP contribution in [0.5, 0.6) is 0 Å². The lowest BCUT2D eigenvalue weighted by Crippen LogP contribution is -2.44. The minimum absolute atomic E-state index is 0.387. The third-order valence-electron chi connectivity index (χ3n) is 3.04. The van der Waals surface area contributed by atoms with E-state index in [0.717, 1.165) is 6.54 Å². The van der Waals surface area contributed by atoms with E-state index in [1.807, 2.05) is 0 Å². The molecular formula is C11H24N2. The predicted octanol–water partition coefficient (Wildman–Crippen LogP) is 2.04. The second kappa shape index (κ2) is 6.39. The average Bonchev–Trinajstić information content (AvgIpc) is 2.21. The molecule has 0 aromatic rings. The minimum atomic E-state index is 0.387. The summed E-state index contributed by atoms with van der Waals surface area (Å²) in [4.78, 5) is 0. The molecule has 2 atom stereocenters. The van der Waals surface area contributed by atoms with E-state index in [4.69, 9.17) is 5.73 Å². The molecule has 0 bridgehead atoms. The molecule has 0 radical (unpaired) electrons. The topological polar surface area (TPSA) is 38.0 Å². The van der Waals surface area contributed by atoms with Gasteiger partial charge in [0.15, 0.2) is 0 Å². The van der Waals surface area contributed by atoms with Gasteiger partial charge in [-0.05, 0) is 19.4 Å². The van der Waals surface area contributed by atoms with Gasteiger partial charge in [0, 0.05) is 12.1 Å². The van der Waals surface area contributed by atoms with Crippen LogP contribution in [0.4, 0.5) is 0 Å². The molecule has 0 spiro atoms. The van der Waals surface area contributed by atoms with Crippen LogP contribution in [0.25, 0.3) is 0 Å². The summed E-state index contributed by atoms with van der Waals surface area (Å²) in [5.41, 5.74) is 6.14. The Kier molecular flexibility index (Phi) is 5.40. The van der Waals surface area contributed by atoms with E-state index >= 15 is 0 Å². The van der Waals surface area contributed by atoms with Crippen LogP contribution in [-0.4, -0.2) is 18.6 Å². The van der Waals surface area contributed by atoms with Gasteiger partial charge in [-0.2, -0.15) is 0 Å². The molecule has 78 valence electrons. The van der Waals surface area contributed by atoms with E-state index in [2.05, 4.69) is 12.2 Å². The van der Waals surface area contributed by atoms with Gasteiger partial charge in [0.2, 0.25) is 0 Å². The zero-order valence-corrected chi connectivity index (χ0v) is 8.89. The number of nitrogens with one attached hydrogen (secondary N) is 1. The van der Waals surface area contributed by atoms with Crippen LogP contribution in [0.3, 0.4) is 0 Å². The maximum atomic E-state index is 6.14. The molecule has 2 nitrogen and oxygen atoms in total. The Bertz CT molecular complexity index is 125. The van der Waals surface area contributed by atoms with Crippen LogP contribution in [0.1, 0.15) is 51.9 Å². The molecule has 1 fully saturated rings. The Morgan fingerprint density at radius 3 is 2.38 bits per heavy atom. The predicted molar refractivity (Wildman–Crippen MR) is 57.8 cm³/mol. The summed E-state index contributed by atoms with van der Waals surface area (Å²) in [5.74, 6) is 0. The summed E-state index contributed by atoms with van der Waals surface area (Å²) < 4.78 is 0. The number of nitrogens with two attached hydrogens (primary N) is 1. The summed E-state index contributed by atoms with van der Waals surface area (Å²) in [6.45, 7) is 3.22. The van der Waals surface area contributed by atoms with Gasteiger partial charge in [0.1, 0.15) is 0 Å². The molecular weight excluding hydrogens is 160 g/mol. The lowest BCUT2D eigenvalue weighted by Gasteiger charge is -2.23. The van der Waals surface area contributed by atoms with Crippen LogP contribution in [0.15, 0.2) is 0 Å². The van der Waals surface area contributed by atoms with Crippen molar-refractivity contribution >= 4 is 0 Å². The Hall–Kier alpha value is -0.0800. The molecule has 0 aromatic heterocycles. The van der Waals surface area contributed by atoms with Gasteiger partial charge >= 0.3 is 0 Å². The van der Waals surface area contributed by atoms with E-state index in [0.29, 0.717) is 12.1 Å². The van der Waals surface area contributed by atoms with E-state index in [-0.39, 0.29) is 0 Å². The lowest BCUT2D eigenvalue weighted by molar-refractivity contribution is 0.392. The molecule has 1 saturated carbocycles. The fourth-order valence-electron chi connectivity index (χ4n) is 2.21. The van der Waals surface area contributed by atoms with E-state index in [1.165, 1.54) is 44.9 Å². The number of rotatable bonds is 2. The van der Waals surface area contributed by atoms with Crippen molar-refractivity contribution in [3.8, 4) is 0 Å². The maximum Gasteiger partial charge on any atom is 0.0218 e. The zero-order valence-electron chi connectivity index (χ0n) is 8.89. The van der Waals surface area contributed by atoms with E-state index in [9.17, 15) is 0 Å². The molecule has 13 heavy (non-hydrogen) atoms. The fraction of sp³-hybridized carbons (Fsp3) is 1.00. The van der Waals surface area contributed by atoms with Crippen LogP contribution < -0.4 is 11.1 Å². The summed E-state index contributed by atoms with van der Waals surface area (Å²) in [7, 11) is 0. The largest absolute Gasteiger partial charge is 0.326 e. The highest BCUT2D eigenvalue weighted by molar-refractivity contribution is 4.79. The van der Waals surface area contributed by atoms with Gasteiger partial charge in [-0.3, -0.25) is 0 Å². The standard InChI is InChI=1S/C11H24N2/c1-2-13-11-9-7-5-3-4-6-8-10(11)12/h10-11,13H,2-9,12H2,1H3. The van der Waals surface area contributed by atoms with Crippen molar-refractivity contribution in [2.24, 2.45) is 5.73 Å². The number of hydrogen-bond acceptors (Lipinski definition) is 2. The molecule has 1 rings (SSSR count). The summed E-state index contributed by atoms with van der Waals surface area (Å²) in [5, 5.41) is 3.50. The molecule has 3 N–H and O–H groups in total. The Balaban J connectivity index is 2.35. The number of likely N-dealkylation sites (N-methyl/N-ethyl adjacent to an activating group) is 1. The number of hydrogen-bond donors (Lipinski definition) is 2. The Labute approximate surface area is 82.3 Å². The van der Waals surface area contributed by atoms with Crippen LogP contribution in [-0.2, 0) is 0 Å². The molecule has 0 saturated heterocycles. The first-order valence-corrected chi connectivity index (χ1v) is 5.83. The Morgan fingerprint density at radius 1 is 1.08 bits per heavy atom. The summed E-state index contributed by atoms with van der Waals surface area (Å²) in [6, 6.07) is 0.959. The van der Waals surface area contributed by atoms with Gasteiger partial charge < -0.3 is 11.1 Å². The summed E-state index contributed by atoms with van der Waals surface area (Å²) >= 11 is 0. The SMILES string of the molecule is CCNC1CCCCCCCC1N. The summed E-state index contributed by atoms with van der Waals surface area (Å²) in [6.07, 6.45) is 9.34. The van der Waals surface area contributed by atoms with Crippen molar-refractivity contribution in [1.82, 2.24) is 5.32 Å². The molecule has 1 aliphatic rings. The zero-order chi connectivity index (χ0) is 9.52. The van der Waals surface area contributed by atoms with E-state index < -0.39 is 0 Å². The van der Waals surface area contributed by atoms with Crippen molar-refractivity contribution in [2.75, 3.05) is 6.54 Å². The van der Waals surface area contributed by atoms with Crippen LogP contribution >= 0.6 is 0 Å². The van der Waals surface area contributed by atoms with Crippen molar-refractivity contribution in [3.63, 3.8) is 0 Å². The monoisotopic (exact) mass is 184 g/mol. The van der Waals surface area contributed by atoms with Gasteiger partial charge in [-0.25, -0.2) is 0 Å². The average molecular weight is 184 g/mol. The van der Waals surface area contributed by atoms with Gasteiger partial charge in [0.25, 0.3) is 0 Å². The highest BCUT2D eigenvalue weighted by Crippen LogP contribution is 2.16.